The van der Waals surface area contributed by atoms with Crippen LogP contribution in [0.25, 0.3) is 0 Å². The zero-order valence-corrected chi connectivity index (χ0v) is 19.0. The number of carbonyl (C=O) groups is 3. The maximum absolute atomic E-state index is 11.7. The van der Waals surface area contributed by atoms with Crippen LogP contribution in [0, 0.1) is 9.49 Å². The fourth-order valence-electron chi connectivity index (χ4n) is 2.93. The molecule has 1 aromatic rings. The first-order valence-corrected chi connectivity index (χ1v) is 10.7. The van der Waals surface area contributed by atoms with Gasteiger partial charge in [0.25, 0.3) is 0 Å². The zero-order valence-electron chi connectivity index (χ0n) is 16.0. The van der Waals surface area contributed by atoms with E-state index in [1.807, 2.05) is 31.2 Å². The van der Waals surface area contributed by atoms with Crippen molar-refractivity contribution in [3.8, 4) is 0 Å². The number of carbonyl (C=O) groups excluding carboxylic acids is 3. The Morgan fingerprint density at radius 3 is 2.29 bits per heavy atom. The number of esters is 3. The van der Waals surface area contributed by atoms with Gasteiger partial charge < -0.3 is 18.9 Å². The van der Waals surface area contributed by atoms with E-state index in [1.54, 1.807) is 0 Å². The minimum absolute atomic E-state index is 0.0617. The molecule has 1 saturated heterocycles. The summed E-state index contributed by atoms with van der Waals surface area (Å²) in [5, 5.41) is 0. The number of rotatable bonds is 6. The molecule has 7 nitrogen and oxygen atoms in total. The normalized spacial score (nSPS) is 27.0. The third-order valence-electron chi connectivity index (χ3n) is 4.08. The highest BCUT2D eigenvalue weighted by Gasteiger charge is 2.48. The highest BCUT2D eigenvalue weighted by Crippen LogP contribution is 2.39. The van der Waals surface area contributed by atoms with Crippen molar-refractivity contribution >= 4 is 52.3 Å². The van der Waals surface area contributed by atoms with Crippen molar-refractivity contribution in [2.24, 2.45) is 5.92 Å². The molecule has 1 aliphatic heterocycles. The Morgan fingerprint density at radius 1 is 1.07 bits per heavy atom. The van der Waals surface area contributed by atoms with E-state index in [9.17, 15) is 14.4 Å². The van der Waals surface area contributed by atoms with Crippen molar-refractivity contribution in [2.75, 3.05) is 6.61 Å². The summed E-state index contributed by atoms with van der Waals surface area (Å²) in [6.07, 6.45) is -2.03. The van der Waals surface area contributed by atoms with Gasteiger partial charge in [0.05, 0.1) is 0 Å². The van der Waals surface area contributed by atoms with Crippen LogP contribution in [0.15, 0.2) is 29.2 Å². The molecule has 1 aromatic carbocycles. The Labute approximate surface area is 181 Å². The number of ether oxygens (including phenoxy) is 4. The van der Waals surface area contributed by atoms with E-state index in [1.165, 1.54) is 32.5 Å². The average molecular weight is 522 g/mol. The van der Waals surface area contributed by atoms with E-state index in [-0.39, 0.29) is 12.5 Å². The minimum atomic E-state index is -0.714. The Morgan fingerprint density at radius 2 is 1.71 bits per heavy atom. The van der Waals surface area contributed by atoms with Crippen molar-refractivity contribution in [1.29, 1.82) is 0 Å². The fourth-order valence-corrected chi connectivity index (χ4v) is 4.94. The lowest BCUT2D eigenvalue weighted by molar-refractivity contribution is -0.212. The van der Waals surface area contributed by atoms with Crippen LogP contribution in [0.3, 0.4) is 0 Å². The molecule has 0 radical (unpaired) electrons. The van der Waals surface area contributed by atoms with Crippen LogP contribution in [-0.4, -0.2) is 48.3 Å². The minimum Gasteiger partial charge on any atom is -0.463 e. The van der Waals surface area contributed by atoms with Gasteiger partial charge in [-0.15, -0.1) is 0 Å². The highest BCUT2D eigenvalue weighted by molar-refractivity contribution is 14.1. The molecule has 0 aliphatic carbocycles. The Hall–Kier alpha value is -1.33. The van der Waals surface area contributed by atoms with E-state index in [4.69, 9.17) is 18.9 Å². The molecule has 1 heterocycles. The van der Waals surface area contributed by atoms with Gasteiger partial charge in [0, 0.05) is 35.2 Å². The number of benzene rings is 1. The SMILES string of the molecule is CC(=O)OCC1O[C@H](Sc2cccc(I)c2)C(OC(C)=O)C(C)[C@H]1OC(C)=O. The van der Waals surface area contributed by atoms with Gasteiger partial charge in [-0.1, -0.05) is 24.8 Å². The van der Waals surface area contributed by atoms with Crippen LogP contribution < -0.4 is 0 Å². The summed E-state index contributed by atoms with van der Waals surface area (Å²) in [4.78, 5) is 35.4. The summed E-state index contributed by atoms with van der Waals surface area (Å²) >= 11 is 3.62. The van der Waals surface area contributed by atoms with Gasteiger partial charge in [-0.2, -0.15) is 0 Å². The summed E-state index contributed by atoms with van der Waals surface area (Å²) in [5.41, 5.74) is -0.551. The number of hydrogen-bond donors (Lipinski definition) is 0. The molecule has 0 aromatic heterocycles. The summed E-state index contributed by atoms with van der Waals surface area (Å²) < 4.78 is 23.2. The van der Waals surface area contributed by atoms with E-state index in [0.717, 1.165) is 8.47 Å². The van der Waals surface area contributed by atoms with Gasteiger partial charge in [-0.25, -0.2) is 0 Å². The molecular formula is C19H23IO7S. The number of hydrogen-bond acceptors (Lipinski definition) is 8. The molecule has 154 valence electrons. The van der Waals surface area contributed by atoms with Crippen LogP contribution in [-0.2, 0) is 33.3 Å². The molecule has 0 spiro atoms. The molecule has 0 bridgehead atoms. The predicted molar refractivity (Wildman–Crippen MR) is 111 cm³/mol. The van der Waals surface area contributed by atoms with Crippen molar-refractivity contribution in [1.82, 2.24) is 0 Å². The van der Waals surface area contributed by atoms with Gasteiger partial charge in [0.2, 0.25) is 0 Å². The lowest BCUT2D eigenvalue weighted by Gasteiger charge is -2.43. The van der Waals surface area contributed by atoms with Crippen LogP contribution in [0.1, 0.15) is 27.7 Å². The second-order valence-corrected chi connectivity index (χ2v) is 8.85. The molecule has 9 heteroatoms. The molecule has 1 aliphatic rings. The third kappa shape index (κ3) is 6.63. The summed E-state index contributed by atoms with van der Waals surface area (Å²) in [6.45, 7) is 5.68. The number of thioether (sulfide) groups is 1. The highest BCUT2D eigenvalue weighted by atomic mass is 127. The second kappa shape index (κ2) is 10.4. The van der Waals surface area contributed by atoms with Gasteiger partial charge >= 0.3 is 17.9 Å². The quantitative estimate of drug-likeness (QED) is 0.320. The van der Waals surface area contributed by atoms with Gasteiger partial charge in [-0.05, 0) is 40.8 Å². The molecule has 28 heavy (non-hydrogen) atoms. The van der Waals surface area contributed by atoms with E-state index < -0.39 is 41.7 Å². The first kappa shape index (κ1) is 23.0. The van der Waals surface area contributed by atoms with Crippen molar-refractivity contribution < 1.29 is 33.3 Å². The summed E-state index contributed by atoms with van der Waals surface area (Å²) in [7, 11) is 0. The molecular weight excluding hydrogens is 499 g/mol. The van der Waals surface area contributed by atoms with Gasteiger partial charge in [0.15, 0.2) is 0 Å². The molecule has 2 rings (SSSR count). The smallest absolute Gasteiger partial charge is 0.303 e. The number of halogens is 1. The summed E-state index contributed by atoms with van der Waals surface area (Å²) in [5.74, 6) is -1.75. The van der Waals surface area contributed by atoms with E-state index in [2.05, 4.69) is 22.6 Å². The van der Waals surface area contributed by atoms with Crippen LogP contribution in [0.4, 0.5) is 0 Å². The molecule has 3 unspecified atom stereocenters. The molecule has 0 amide bonds. The van der Waals surface area contributed by atoms with Gasteiger partial charge in [-0.3, -0.25) is 14.4 Å². The standard InChI is InChI=1S/C19H23IO7S/c1-10-17(25-12(3)22)16(9-24-11(2)21)27-19(18(10)26-13(4)23)28-15-7-5-6-14(20)8-15/h5-8,10,16-19H,9H2,1-4H3/t10?,16?,17-,18?,19-/m1/s1. The average Bonchev–Trinajstić information content (AvgIpc) is 2.58. The zero-order chi connectivity index (χ0) is 20.8. The topological polar surface area (TPSA) is 88.1 Å². The monoisotopic (exact) mass is 522 g/mol. The Kier molecular flexibility index (Phi) is 8.56. The fraction of sp³-hybridized carbons (Fsp3) is 0.526. The van der Waals surface area contributed by atoms with Crippen LogP contribution >= 0.6 is 34.4 Å². The first-order valence-electron chi connectivity index (χ1n) is 8.73. The largest absolute Gasteiger partial charge is 0.463 e. The van der Waals surface area contributed by atoms with Crippen LogP contribution in [0.5, 0.6) is 0 Å². The molecule has 5 atom stereocenters. The summed E-state index contributed by atoms with van der Waals surface area (Å²) in [6, 6.07) is 7.82. The van der Waals surface area contributed by atoms with E-state index in [0.29, 0.717) is 0 Å². The lowest BCUT2D eigenvalue weighted by Crippen LogP contribution is -2.56. The molecule has 0 N–H and O–H groups in total. The van der Waals surface area contributed by atoms with E-state index >= 15 is 0 Å². The van der Waals surface area contributed by atoms with Gasteiger partial charge in [0.1, 0.15) is 30.4 Å². The maximum atomic E-state index is 11.7. The van der Waals surface area contributed by atoms with Crippen molar-refractivity contribution in [3.63, 3.8) is 0 Å². The molecule has 1 fully saturated rings. The Bertz CT molecular complexity index is 724. The third-order valence-corrected chi connectivity index (χ3v) is 5.89. The molecule has 0 saturated carbocycles. The predicted octanol–water partition coefficient (Wildman–Crippen LogP) is 3.17. The maximum Gasteiger partial charge on any atom is 0.303 e. The lowest BCUT2D eigenvalue weighted by atomic mass is 9.91. The Balaban J connectivity index is 2.29. The van der Waals surface area contributed by atoms with Crippen LogP contribution in [0.2, 0.25) is 0 Å². The second-order valence-electron chi connectivity index (χ2n) is 6.43. The van der Waals surface area contributed by atoms with Crippen molar-refractivity contribution in [2.45, 2.75) is 56.3 Å². The first-order chi connectivity index (χ1) is 13.2. The van der Waals surface area contributed by atoms with Crippen molar-refractivity contribution in [3.05, 3.63) is 27.8 Å².